The van der Waals surface area contributed by atoms with Crippen LogP contribution in [0.4, 0.5) is 5.69 Å². The zero-order chi connectivity index (χ0) is 20.5. The van der Waals surface area contributed by atoms with Crippen LogP contribution in [-0.4, -0.2) is 17.5 Å². The predicted octanol–water partition coefficient (Wildman–Crippen LogP) is 5.25. The van der Waals surface area contributed by atoms with Gasteiger partial charge in [-0.1, -0.05) is 43.7 Å². The second kappa shape index (κ2) is 7.42. The Morgan fingerprint density at radius 3 is 2.25 bits per heavy atom. The lowest BCUT2D eigenvalue weighted by Crippen LogP contribution is -2.39. The predicted molar refractivity (Wildman–Crippen MR) is 112 cm³/mol. The Kier molecular flexibility index (Phi) is 5.33. The van der Waals surface area contributed by atoms with Gasteiger partial charge in [0, 0.05) is 11.3 Å². The summed E-state index contributed by atoms with van der Waals surface area (Å²) < 4.78 is 5.70. The van der Waals surface area contributed by atoms with E-state index in [1.54, 1.807) is 4.90 Å². The monoisotopic (exact) mass is 379 g/mol. The maximum Gasteiger partial charge on any atom is 0.316 e. The number of carbonyl (C=O) groups is 2. The largest absolute Gasteiger partial charge is 0.459 e. The summed E-state index contributed by atoms with van der Waals surface area (Å²) in [6.45, 7) is 10.2. The van der Waals surface area contributed by atoms with Crippen molar-refractivity contribution in [2.24, 2.45) is 0 Å². The molecule has 0 bridgehead atoms. The summed E-state index contributed by atoms with van der Waals surface area (Å²) in [5.41, 5.74) is 2.32. The molecular weight excluding hydrogens is 350 g/mol. The first-order chi connectivity index (χ1) is 13.2. The zero-order valence-corrected chi connectivity index (χ0v) is 17.4. The van der Waals surface area contributed by atoms with Crippen LogP contribution in [0, 0.1) is 0 Å². The molecule has 0 aliphatic carbocycles. The van der Waals surface area contributed by atoms with Crippen molar-refractivity contribution in [3.8, 4) is 0 Å². The lowest BCUT2D eigenvalue weighted by molar-refractivity contribution is -0.162. The third-order valence-corrected chi connectivity index (χ3v) is 5.24. The minimum Gasteiger partial charge on any atom is -0.459 e. The van der Waals surface area contributed by atoms with Gasteiger partial charge in [0.15, 0.2) is 0 Å². The Bertz CT molecular complexity index is 879. The summed E-state index contributed by atoms with van der Waals surface area (Å²) in [6.07, 6.45) is 1.58. The number of nitrogens with zero attached hydrogens (tertiary/aromatic N) is 1. The Morgan fingerprint density at radius 1 is 1.04 bits per heavy atom. The van der Waals surface area contributed by atoms with Crippen molar-refractivity contribution in [1.82, 2.24) is 0 Å². The molecule has 4 nitrogen and oxygen atoms in total. The van der Waals surface area contributed by atoms with Crippen molar-refractivity contribution in [2.75, 3.05) is 4.90 Å². The summed E-state index contributed by atoms with van der Waals surface area (Å²) in [6, 6.07) is 15.5. The highest BCUT2D eigenvalue weighted by Crippen LogP contribution is 2.35. The first kappa shape index (κ1) is 20.1. The quantitative estimate of drug-likeness (QED) is 0.667. The topological polar surface area (TPSA) is 46.6 Å². The number of benzene rings is 2. The van der Waals surface area contributed by atoms with Gasteiger partial charge in [-0.05, 0) is 63.4 Å². The first-order valence-electron chi connectivity index (χ1n) is 9.89. The van der Waals surface area contributed by atoms with E-state index in [9.17, 15) is 9.59 Å². The molecule has 0 radical (unpaired) electrons. The number of anilines is 1. The fourth-order valence-electron chi connectivity index (χ4n) is 3.73. The van der Waals surface area contributed by atoms with E-state index in [4.69, 9.17) is 4.74 Å². The molecule has 2 aromatic carbocycles. The molecule has 0 N–H and O–H groups in total. The number of hydrogen-bond donors (Lipinski definition) is 0. The Labute approximate surface area is 167 Å². The number of amides is 1. The van der Waals surface area contributed by atoms with Crippen molar-refractivity contribution in [3.63, 3.8) is 0 Å². The Hall–Kier alpha value is -2.62. The van der Waals surface area contributed by atoms with Crippen LogP contribution < -0.4 is 4.90 Å². The fraction of sp³-hybridized carbons (Fsp3) is 0.417. The van der Waals surface area contributed by atoms with Crippen molar-refractivity contribution >= 4 is 17.6 Å². The second-order valence-electron chi connectivity index (χ2n) is 8.68. The molecule has 28 heavy (non-hydrogen) atoms. The molecule has 0 spiro atoms. The number of hydrogen-bond acceptors (Lipinski definition) is 3. The Morgan fingerprint density at radius 2 is 1.68 bits per heavy atom. The van der Waals surface area contributed by atoms with E-state index in [0.717, 1.165) is 28.8 Å². The van der Waals surface area contributed by atoms with Gasteiger partial charge in [0.2, 0.25) is 0 Å². The highest BCUT2D eigenvalue weighted by molar-refractivity contribution is 6.10. The Balaban J connectivity index is 1.86. The van der Waals surface area contributed by atoms with Crippen LogP contribution in [0.2, 0.25) is 0 Å². The van der Waals surface area contributed by atoms with Gasteiger partial charge in [0.05, 0.1) is 12.0 Å². The molecule has 0 saturated heterocycles. The van der Waals surface area contributed by atoms with E-state index >= 15 is 0 Å². The van der Waals surface area contributed by atoms with Crippen molar-refractivity contribution in [3.05, 3.63) is 65.2 Å². The average molecular weight is 380 g/mol. The maximum absolute atomic E-state index is 12.9. The summed E-state index contributed by atoms with van der Waals surface area (Å²) in [5.74, 6) is -0.189. The number of carbonyl (C=O) groups excluding carboxylic acids is 2. The van der Waals surface area contributed by atoms with Gasteiger partial charge in [0.1, 0.15) is 5.60 Å². The van der Waals surface area contributed by atoms with Crippen LogP contribution in [0.1, 0.15) is 68.9 Å². The molecule has 2 aromatic rings. The third kappa shape index (κ3) is 3.82. The minimum atomic E-state index is -0.710. The summed E-state index contributed by atoms with van der Waals surface area (Å²) in [7, 11) is 0. The number of ether oxygens (including phenoxy) is 1. The molecule has 1 aliphatic heterocycles. The molecular formula is C24H29NO3. The van der Waals surface area contributed by atoms with E-state index in [1.165, 1.54) is 0 Å². The van der Waals surface area contributed by atoms with Crippen molar-refractivity contribution in [1.29, 1.82) is 0 Å². The minimum absolute atomic E-state index is 0.0202. The molecule has 0 aromatic heterocycles. The highest BCUT2D eigenvalue weighted by Gasteiger charge is 2.38. The average Bonchev–Trinajstić information content (AvgIpc) is 2.98. The molecule has 1 unspecified atom stereocenters. The molecule has 1 atom stereocenters. The van der Waals surface area contributed by atoms with Crippen molar-refractivity contribution < 1.29 is 14.3 Å². The van der Waals surface area contributed by atoms with Gasteiger partial charge in [-0.2, -0.15) is 0 Å². The smallest absolute Gasteiger partial charge is 0.316 e. The molecule has 3 rings (SSSR count). The molecule has 0 saturated carbocycles. The lowest BCUT2D eigenvalue weighted by Gasteiger charge is -2.32. The summed E-state index contributed by atoms with van der Waals surface area (Å²) >= 11 is 0. The van der Waals surface area contributed by atoms with Crippen LogP contribution in [0.25, 0.3) is 0 Å². The normalized spacial score (nSPS) is 15.9. The zero-order valence-electron chi connectivity index (χ0n) is 17.4. The van der Waals surface area contributed by atoms with E-state index in [1.807, 2.05) is 76.2 Å². The van der Waals surface area contributed by atoms with Gasteiger partial charge >= 0.3 is 5.97 Å². The number of rotatable bonds is 5. The van der Waals surface area contributed by atoms with Crippen LogP contribution in [-0.2, 0) is 21.5 Å². The third-order valence-electron chi connectivity index (χ3n) is 5.24. The summed E-state index contributed by atoms with van der Waals surface area (Å²) in [4.78, 5) is 27.4. The van der Waals surface area contributed by atoms with Gasteiger partial charge in [0.25, 0.3) is 5.91 Å². The van der Waals surface area contributed by atoms with Gasteiger partial charge in [-0.25, -0.2) is 0 Å². The molecule has 4 heteroatoms. The van der Waals surface area contributed by atoms with E-state index < -0.39 is 11.0 Å². The molecule has 1 amide bonds. The molecule has 1 aliphatic rings. The molecule has 148 valence electrons. The van der Waals surface area contributed by atoms with Crippen LogP contribution in [0.15, 0.2) is 48.5 Å². The number of fused-ring (bicyclic) bond motifs is 1. The van der Waals surface area contributed by atoms with E-state index in [-0.39, 0.29) is 11.9 Å². The molecule has 1 heterocycles. The van der Waals surface area contributed by atoms with Gasteiger partial charge in [-0.15, -0.1) is 0 Å². The number of esters is 1. The van der Waals surface area contributed by atoms with E-state index in [2.05, 4.69) is 6.92 Å². The van der Waals surface area contributed by atoms with Crippen LogP contribution in [0.3, 0.4) is 0 Å². The first-order valence-corrected chi connectivity index (χ1v) is 9.89. The van der Waals surface area contributed by atoms with Crippen molar-refractivity contribution in [2.45, 2.75) is 65.0 Å². The van der Waals surface area contributed by atoms with Gasteiger partial charge < -0.3 is 9.64 Å². The SMILES string of the molecule is CCCC(C)(C(=O)OC(C)(C)C)c1ccc(N2Cc3ccccc3C2=O)cc1. The fourth-order valence-corrected chi connectivity index (χ4v) is 3.73. The molecule has 0 fully saturated rings. The summed E-state index contributed by atoms with van der Waals surface area (Å²) in [5, 5.41) is 0. The maximum atomic E-state index is 12.9. The van der Waals surface area contributed by atoms with Crippen LogP contribution >= 0.6 is 0 Å². The van der Waals surface area contributed by atoms with E-state index in [0.29, 0.717) is 13.0 Å². The second-order valence-corrected chi connectivity index (χ2v) is 8.68. The standard InChI is InChI=1S/C24H29NO3/c1-6-15-24(5,22(27)28-23(2,3)4)18-11-13-19(14-12-18)25-16-17-9-7-8-10-20(17)21(25)26/h7-14H,6,15-16H2,1-5H3. The van der Waals surface area contributed by atoms with Crippen LogP contribution in [0.5, 0.6) is 0 Å². The highest BCUT2D eigenvalue weighted by atomic mass is 16.6. The lowest BCUT2D eigenvalue weighted by atomic mass is 9.78. The van der Waals surface area contributed by atoms with Gasteiger partial charge in [-0.3, -0.25) is 9.59 Å².